The maximum absolute atomic E-state index is 10.3. The highest BCUT2D eigenvalue weighted by molar-refractivity contribution is 5.01. The molecule has 88 valence electrons. The third-order valence-corrected chi connectivity index (χ3v) is 3.73. The summed E-state index contributed by atoms with van der Waals surface area (Å²) in [5.74, 6) is 1.15. The largest absolute Gasteiger partial charge is 0.386 e. The highest BCUT2D eigenvalue weighted by Gasteiger charge is 2.28. The zero-order valence-corrected chi connectivity index (χ0v) is 9.84. The van der Waals surface area contributed by atoms with Crippen LogP contribution in [0.5, 0.6) is 0 Å². The van der Waals surface area contributed by atoms with E-state index in [-0.39, 0.29) is 0 Å². The summed E-state index contributed by atoms with van der Waals surface area (Å²) in [7, 11) is 0. The Bertz CT molecular complexity index is 315. The summed E-state index contributed by atoms with van der Waals surface area (Å²) in [4.78, 5) is 8.21. The third-order valence-electron chi connectivity index (χ3n) is 3.73. The van der Waals surface area contributed by atoms with Crippen molar-refractivity contribution in [1.82, 2.24) is 9.97 Å². The molecule has 0 saturated heterocycles. The van der Waals surface area contributed by atoms with Crippen LogP contribution in [0.3, 0.4) is 0 Å². The number of aliphatic hydroxyl groups is 1. The van der Waals surface area contributed by atoms with E-state index in [9.17, 15) is 5.11 Å². The second kappa shape index (κ2) is 5.39. The molecule has 0 spiro atoms. The molecule has 1 heterocycles. The Hall–Kier alpha value is -0.960. The Labute approximate surface area is 96.9 Å². The zero-order valence-electron chi connectivity index (χ0n) is 9.84. The van der Waals surface area contributed by atoms with Crippen molar-refractivity contribution in [2.24, 2.45) is 11.8 Å². The van der Waals surface area contributed by atoms with Crippen LogP contribution < -0.4 is 0 Å². The van der Waals surface area contributed by atoms with E-state index in [2.05, 4.69) is 16.9 Å². The number of nitrogens with zero attached hydrogens (tertiary/aromatic N) is 2. The van der Waals surface area contributed by atoms with Crippen molar-refractivity contribution >= 4 is 0 Å². The normalized spacial score (nSPS) is 27.6. The third kappa shape index (κ3) is 2.59. The van der Waals surface area contributed by atoms with Crippen molar-refractivity contribution in [3.05, 3.63) is 24.3 Å². The average Bonchev–Trinajstić information content (AvgIpc) is 2.39. The fourth-order valence-corrected chi connectivity index (χ4v) is 2.69. The van der Waals surface area contributed by atoms with Crippen molar-refractivity contribution in [3.8, 4) is 0 Å². The molecule has 0 aromatic carbocycles. The van der Waals surface area contributed by atoms with Crippen LogP contribution in [0.4, 0.5) is 0 Å². The lowest BCUT2D eigenvalue weighted by Crippen LogP contribution is -2.22. The minimum Gasteiger partial charge on any atom is -0.386 e. The van der Waals surface area contributed by atoms with Gasteiger partial charge in [-0.3, -0.25) is 9.97 Å². The van der Waals surface area contributed by atoms with Gasteiger partial charge in [-0.2, -0.15) is 0 Å². The lowest BCUT2D eigenvalue weighted by atomic mass is 9.77. The summed E-state index contributed by atoms with van der Waals surface area (Å²) in [6, 6.07) is 0. The molecule has 3 atom stereocenters. The van der Waals surface area contributed by atoms with Crippen LogP contribution in [0.25, 0.3) is 0 Å². The molecular weight excluding hydrogens is 200 g/mol. The van der Waals surface area contributed by atoms with E-state index in [0.717, 1.165) is 24.5 Å². The van der Waals surface area contributed by atoms with E-state index in [1.54, 1.807) is 18.6 Å². The van der Waals surface area contributed by atoms with Gasteiger partial charge in [0.05, 0.1) is 11.9 Å². The van der Waals surface area contributed by atoms with Crippen LogP contribution >= 0.6 is 0 Å². The van der Waals surface area contributed by atoms with Gasteiger partial charge >= 0.3 is 0 Å². The molecule has 1 aliphatic rings. The van der Waals surface area contributed by atoms with E-state index in [1.807, 2.05) is 0 Å². The van der Waals surface area contributed by atoms with Gasteiger partial charge < -0.3 is 5.11 Å². The van der Waals surface area contributed by atoms with E-state index < -0.39 is 6.10 Å². The Kier molecular flexibility index (Phi) is 3.88. The zero-order chi connectivity index (χ0) is 11.4. The van der Waals surface area contributed by atoms with Gasteiger partial charge in [-0.15, -0.1) is 0 Å². The molecule has 2 rings (SSSR count). The fraction of sp³-hybridized carbons (Fsp3) is 0.692. The molecule has 0 aliphatic heterocycles. The number of hydrogen-bond acceptors (Lipinski definition) is 3. The number of aromatic nitrogens is 2. The van der Waals surface area contributed by atoms with Crippen LogP contribution in [0.1, 0.15) is 50.8 Å². The monoisotopic (exact) mass is 220 g/mol. The van der Waals surface area contributed by atoms with Crippen LogP contribution in [0.15, 0.2) is 18.6 Å². The molecule has 0 bridgehead atoms. The van der Waals surface area contributed by atoms with E-state index in [0.29, 0.717) is 5.92 Å². The first-order valence-corrected chi connectivity index (χ1v) is 6.25. The Morgan fingerprint density at radius 2 is 2.31 bits per heavy atom. The Morgan fingerprint density at radius 3 is 3.00 bits per heavy atom. The molecule has 1 aliphatic carbocycles. The van der Waals surface area contributed by atoms with Crippen LogP contribution in [0.2, 0.25) is 0 Å². The molecule has 0 amide bonds. The van der Waals surface area contributed by atoms with Crippen molar-refractivity contribution in [3.63, 3.8) is 0 Å². The van der Waals surface area contributed by atoms with E-state index in [1.165, 1.54) is 19.3 Å². The van der Waals surface area contributed by atoms with Gasteiger partial charge in [0.1, 0.15) is 6.10 Å². The van der Waals surface area contributed by atoms with Crippen molar-refractivity contribution in [1.29, 1.82) is 0 Å². The summed E-state index contributed by atoms with van der Waals surface area (Å²) < 4.78 is 0. The van der Waals surface area contributed by atoms with Gasteiger partial charge in [-0.05, 0) is 24.7 Å². The van der Waals surface area contributed by atoms with E-state index in [4.69, 9.17) is 0 Å². The SMILES string of the molecule is CCC1CCCC(C(O)c2cnccn2)C1. The molecule has 3 heteroatoms. The topological polar surface area (TPSA) is 46.0 Å². The molecule has 1 aromatic heterocycles. The van der Waals surface area contributed by atoms with Crippen LogP contribution in [-0.4, -0.2) is 15.1 Å². The maximum Gasteiger partial charge on any atom is 0.100 e. The second-order valence-corrected chi connectivity index (χ2v) is 4.78. The number of hydrogen-bond donors (Lipinski definition) is 1. The highest BCUT2D eigenvalue weighted by Crippen LogP contribution is 2.37. The number of rotatable bonds is 3. The lowest BCUT2D eigenvalue weighted by molar-refractivity contribution is 0.0642. The first kappa shape index (κ1) is 11.5. The summed E-state index contributed by atoms with van der Waals surface area (Å²) in [5.41, 5.74) is 0.726. The standard InChI is InChI=1S/C13H20N2O/c1-2-10-4-3-5-11(8-10)13(16)12-9-14-6-7-15-12/h6-7,9-11,13,16H,2-5,8H2,1H3. The predicted octanol–water partition coefficient (Wildman–Crippen LogP) is 2.73. The summed E-state index contributed by atoms with van der Waals surface area (Å²) in [6.45, 7) is 2.24. The first-order valence-electron chi connectivity index (χ1n) is 6.25. The van der Waals surface area contributed by atoms with Crippen molar-refractivity contribution in [2.45, 2.75) is 45.1 Å². The van der Waals surface area contributed by atoms with Crippen molar-refractivity contribution < 1.29 is 5.11 Å². The summed E-state index contributed by atoms with van der Waals surface area (Å²) in [6.07, 6.45) is 10.6. The summed E-state index contributed by atoms with van der Waals surface area (Å²) in [5, 5.41) is 10.3. The van der Waals surface area contributed by atoms with Gasteiger partial charge in [0.2, 0.25) is 0 Å². The van der Waals surface area contributed by atoms with E-state index >= 15 is 0 Å². The lowest BCUT2D eigenvalue weighted by Gasteiger charge is -2.31. The molecule has 3 nitrogen and oxygen atoms in total. The van der Waals surface area contributed by atoms with Gasteiger partial charge in [-0.25, -0.2) is 0 Å². The van der Waals surface area contributed by atoms with Crippen LogP contribution in [0, 0.1) is 11.8 Å². The second-order valence-electron chi connectivity index (χ2n) is 4.78. The molecule has 1 saturated carbocycles. The molecule has 1 fully saturated rings. The van der Waals surface area contributed by atoms with Gasteiger partial charge in [0.15, 0.2) is 0 Å². The Morgan fingerprint density at radius 1 is 1.44 bits per heavy atom. The quantitative estimate of drug-likeness (QED) is 0.852. The Balaban J connectivity index is 2.01. The minimum absolute atomic E-state index is 0.371. The first-order chi connectivity index (χ1) is 7.81. The predicted molar refractivity (Wildman–Crippen MR) is 62.7 cm³/mol. The summed E-state index contributed by atoms with van der Waals surface area (Å²) >= 11 is 0. The maximum atomic E-state index is 10.3. The average molecular weight is 220 g/mol. The minimum atomic E-state index is -0.428. The van der Waals surface area contributed by atoms with Gasteiger partial charge in [-0.1, -0.05) is 26.2 Å². The van der Waals surface area contributed by atoms with Gasteiger partial charge in [0.25, 0.3) is 0 Å². The molecule has 0 radical (unpaired) electrons. The van der Waals surface area contributed by atoms with Crippen molar-refractivity contribution in [2.75, 3.05) is 0 Å². The molecule has 1 N–H and O–H groups in total. The van der Waals surface area contributed by atoms with Gasteiger partial charge in [0, 0.05) is 12.4 Å². The highest BCUT2D eigenvalue weighted by atomic mass is 16.3. The fourth-order valence-electron chi connectivity index (χ4n) is 2.69. The molecule has 16 heavy (non-hydrogen) atoms. The van der Waals surface area contributed by atoms with Crippen LogP contribution in [-0.2, 0) is 0 Å². The molecular formula is C13H20N2O. The molecule has 3 unspecified atom stereocenters. The number of aliphatic hydroxyl groups excluding tert-OH is 1. The smallest absolute Gasteiger partial charge is 0.100 e. The molecule has 1 aromatic rings.